The van der Waals surface area contributed by atoms with Crippen LogP contribution >= 0.6 is 23.1 Å². The topological polar surface area (TPSA) is 46.1 Å². The van der Waals surface area contributed by atoms with Gasteiger partial charge in [-0.25, -0.2) is 9.97 Å². The lowest BCUT2D eigenvalue weighted by Gasteiger charge is -2.21. The number of amides is 1. The van der Waals surface area contributed by atoms with Crippen LogP contribution in [-0.2, 0) is 24.2 Å². The molecule has 140 valence electrons. The van der Waals surface area contributed by atoms with Crippen molar-refractivity contribution in [2.24, 2.45) is 0 Å². The number of thiophene rings is 1. The third kappa shape index (κ3) is 3.87. The van der Waals surface area contributed by atoms with Gasteiger partial charge in [0, 0.05) is 23.9 Å². The predicted octanol–water partition coefficient (Wildman–Crippen LogP) is 4.71. The van der Waals surface area contributed by atoms with Crippen molar-refractivity contribution in [3.8, 4) is 0 Å². The molecule has 0 bridgehead atoms. The zero-order valence-electron chi connectivity index (χ0n) is 15.6. The van der Waals surface area contributed by atoms with E-state index in [1.807, 2.05) is 44.3 Å². The first kappa shape index (κ1) is 18.4. The summed E-state index contributed by atoms with van der Waals surface area (Å²) >= 11 is 3.36. The second-order valence-corrected chi connectivity index (χ2v) is 9.42. The summed E-state index contributed by atoms with van der Waals surface area (Å²) in [4.78, 5) is 26.2. The van der Waals surface area contributed by atoms with Gasteiger partial charge in [0.25, 0.3) is 0 Å². The maximum Gasteiger partial charge on any atom is 0.235 e. The number of hydrogen-bond donors (Lipinski definition) is 0. The van der Waals surface area contributed by atoms with E-state index in [-0.39, 0.29) is 11.2 Å². The SMILES string of the molecule is C[C@@H](Sc1ncnc2sc3c(c12)CCCC3)C(=O)N(C)Cc1ccccc1. The summed E-state index contributed by atoms with van der Waals surface area (Å²) in [5, 5.41) is 1.96. The number of hydrogen-bond acceptors (Lipinski definition) is 5. The Hall–Kier alpha value is -1.92. The number of aryl methyl sites for hydroxylation is 2. The number of rotatable bonds is 5. The molecule has 1 aliphatic rings. The van der Waals surface area contributed by atoms with Gasteiger partial charge in [-0.2, -0.15) is 0 Å². The minimum absolute atomic E-state index is 0.125. The lowest BCUT2D eigenvalue weighted by Crippen LogP contribution is -2.32. The summed E-state index contributed by atoms with van der Waals surface area (Å²) in [6, 6.07) is 10.1. The van der Waals surface area contributed by atoms with Gasteiger partial charge >= 0.3 is 0 Å². The first-order valence-electron chi connectivity index (χ1n) is 9.34. The van der Waals surface area contributed by atoms with Crippen molar-refractivity contribution in [3.63, 3.8) is 0 Å². The smallest absolute Gasteiger partial charge is 0.235 e. The first-order chi connectivity index (χ1) is 13.1. The van der Waals surface area contributed by atoms with E-state index in [9.17, 15) is 4.79 Å². The van der Waals surface area contributed by atoms with Crippen molar-refractivity contribution in [3.05, 3.63) is 52.7 Å². The summed E-state index contributed by atoms with van der Waals surface area (Å²) in [6.45, 7) is 2.60. The summed E-state index contributed by atoms with van der Waals surface area (Å²) in [5.41, 5.74) is 2.56. The van der Waals surface area contributed by atoms with Crippen LogP contribution < -0.4 is 0 Å². The van der Waals surface area contributed by atoms with E-state index in [4.69, 9.17) is 0 Å². The van der Waals surface area contributed by atoms with Crippen molar-refractivity contribution in [2.75, 3.05) is 7.05 Å². The highest BCUT2D eigenvalue weighted by atomic mass is 32.2. The molecule has 27 heavy (non-hydrogen) atoms. The summed E-state index contributed by atoms with van der Waals surface area (Å²) in [5.74, 6) is 0.125. The molecule has 0 saturated carbocycles. The molecule has 3 aromatic rings. The Balaban J connectivity index is 1.53. The number of benzene rings is 1. The molecule has 4 nitrogen and oxygen atoms in total. The van der Waals surface area contributed by atoms with Crippen LogP contribution in [0.2, 0.25) is 0 Å². The van der Waals surface area contributed by atoms with Crippen molar-refractivity contribution < 1.29 is 4.79 Å². The van der Waals surface area contributed by atoms with E-state index in [1.165, 1.54) is 28.7 Å². The van der Waals surface area contributed by atoms with Gasteiger partial charge in [0.1, 0.15) is 16.2 Å². The number of nitrogens with zero attached hydrogens (tertiary/aromatic N) is 3. The van der Waals surface area contributed by atoms with Gasteiger partial charge in [0.15, 0.2) is 0 Å². The Labute approximate surface area is 168 Å². The van der Waals surface area contributed by atoms with Gasteiger partial charge in [0.2, 0.25) is 5.91 Å². The molecule has 4 rings (SSSR count). The minimum atomic E-state index is -0.184. The lowest BCUT2D eigenvalue weighted by molar-refractivity contribution is -0.129. The molecule has 0 N–H and O–H groups in total. The molecule has 0 radical (unpaired) electrons. The van der Waals surface area contributed by atoms with Gasteiger partial charge in [-0.15, -0.1) is 11.3 Å². The van der Waals surface area contributed by atoms with Crippen LogP contribution in [0.25, 0.3) is 10.2 Å². The van der Waals surface area contributed by atoms with Crippen LogP contribution in [0.3, 0.4) is 0 Å². The Morgan fingerprint density at radius 1 is 1.22 bits per heavy atom. The van der Waals surface area contributed by atoms with E-state index in [0.717, 1.165) is 28.3 Å². The highest BCUT2D eigenvalue weighted by Gasteiger charge is 2.24. The summed E-state index contributed by atoms with van der Waals surface area (Å²) in [7, 11) is 1.87. The Kier molecular flexibility index (Phi) is 5.45. The number of thioether (sulfide) groups is 1. The molecule has 1 aliphatic carbocycles. The standard InChI is InChI=1S/C21H23N3OS2/c1-14(21(25)24(2)12-15-8-4-3-5-9-15)26-19-18-16-10-6-7-11-17(16)27-20(18)23-13-22-19/h3-5,8-9,13-14H,6-7,10-12H2,1-2H3/t14-/m1/s1. The van der Waals surface area contributed by atoms with E-state index in [0.29, 0.717) is 6.54 Å². The Morgan fingerprint density at radius 3 is 2.81 bits per heavy atom. The van der Waals surface area contributed by atoms with Gasteiger partial charge in [-0.05, 0) is 43.7 Å². The van der Waals surface area contributed by atoms with E-state index in [2.05, 4.69) is 9.97 Å². The summed E-state index contributed by atoms with van der Waals surface area (Å²) in [6.07, 6.45) is 6.37. The van der Waals surface area contributed by atoms with Crippen LogP contribution in [-0.4, -0.2) is 33.1 Å². The molecule has 1 atom stereocenters. The Bertz CT molecular complexity index is 955. The third-order valence-corrected chi connectivity index (χ3v) is 7.28. The van der Waals surface area contributed by atoms with E-state index >= 15 is 0 Å². The molecular weight excluding hydrogens is 374 g/mol. The third-order valence-electron chi connectivity index (χ3n) is 4.99. The molecule has 0 saturated heterocycles. The zero-order valence-corrected chi connectivity index (χ0v) is 17.3. The fourth-order valence-corrected chi connectivity index (χ4v) is 5.97. The van der Waals surface area contributed by atoms with Gasteiger partial charge in [-0.1, -0.05) is 42.1 Å². The molecule has 1 aromatic carbocycles. The normalized spacial score (nSPS) is 14.7. The predicted molar refractivity (Wildman–Crippen MR) is 112 cm³/mol. The molecular formula is C21H23N3OS2. The average Bonchev–Trinajstić information content (AvgIpc) is 3.07. The van der Waals surface area contributed by atoms with Crippen LogP contribution in [0.1, 0.15) is 35.8 Å². The first-order valence-corrected chi connectivity index (χ1v) is 11.0. The van der Waals surface area contributed by atoms with Crippen LogP contribution in [0, 0.1) is 0 Å². The zero-order chi connectivity index (χ0) is 18.8. The molecule has 2 heterocycles. The van der Waals surface area contributed by atoms with Crippen LogP contribution in [0.5, 0.6) is 0 Å². The molecule has 2 aromatic heterocycles. The number of carbonyl (C=O) groups is 1. The maximum absolute atomic E-state index is 12.9. The largest absolute Gasteiger partial charge is 0.340 e. The van der Waals surface area contributed by atoms with Gasteiger partial charge < -0.3 is 4.90 Å². The molecule has 0 fully saturated rings. The fourth-order valence-electron chi connectivity index (χ4n) is 3.61. The van der Waals surface area contributed by atoms with E-state index in [1.54, 1.807) is 34.3 Å². The van der Waals surface area contributed by atoms with Gasteiger partial charge in [0.05, 0.1) is 5.25 Å². The second-order valence-electron chi connectivity index (χ2n) is 7.01. The quantitative estimate of drug-likeness (QED) is 0.462. The molecule has 0 spiro atoms. The maximum atomic E-state index is 12.9. The van der Waals surface area contributed by atoms with Gasteiger partial charge in [-0.3, -0.25) is 4.79 Å². The van der Waals surface area contributed by atoms with Crippen molar-refractivity contribution in [1.29, 1.82) is 0 Å². The number of aromatic nitrogens is 2. The monoisotopic (exact) mass is 397 g/mol. The van der Waals surface area contributed by atoms with E-state index < -0.39 is 0 Å². The second kappa shape index (κ2) is 7.98. The molecule has 0 unspecified atom stereocenters. The molecule has 6 heteroatoms. The summed E-state index contributed by atoms with van der Waals surface area (Å²) < 4.78 is 0. The lowest BCUT2D eigenvalue weighted by atomic mass is 9.97. The minimum Gasteiger partial charge on any atom is -0.340 e. The highest BCUT2D eigenvalue weighted by Crippen LogP contribution is 2.40. The Morgan fingerprint density at radius 2 is 2.00 bits per heavy atom. The van der Waals surface area contributed by atoms with Crippen molar-refractivity contribution >= 4 is 39.2 Å². The number of carbonyl (C=O) groups excluding carboxylic acids is 1. The van der Waals surface area contributed by atoms with Crippen LogP contribution in [0.4, 0.5) is 0 Å². The molecule has 1 amide bonds. The van der Waals surface area contributed by atoms with Crippen molar-refractivity contribution in [1.82, 2.24) is 14.9 Å². The fraction of sp³-hybridized carbons (Fsp3) is 0.381. The van der Waals surface area contributed by atoms with Crippen molar-refractivity contribution in [2.45, 2.75) is 49.4 Å². The number of fused-ring (bicyclic) bond motifs is 3. The highest BCUT2D eigenvalue weighted by molar-refractivity contribution is 8.00. The van der Waals surface area contributed by atoms with Crippen LogP contribution in [0.15, 0.2) is 41.7 Å². The average molecular weight is 398 g/mol. The molecule has 0 aliphatic heterocycles.